The molecular weight excluding hydrogens is 176 g/mol. The average Bonchev–Trinajstić information content (AvgIpc) is 2.55. The van der Waals surface area contributed by atoms with Crippen molar-refractivity contribution < 1.29 is 10.2 Å². The average molecular weight is 188 g/mol. The molecule has 0 aliphatic rings. The van der Waals surface area contributed by atoms with Crippen LogP contribution < -0.4 is 5.32 Å². The first-order valence-electron chi connectivity index (χ1n) is 3.66. The number of hydrogen-bond acceptors (Lipinski definition) is 5. The Bertz CT molecular complexity index is 215. The third kappa shape index (κ3) is 2.25. The third-order valence-electron chi connectivity index (χ3n) is 1.48. The van der Waals surface area contributed by atoms with Crippen molar-refractivity contribution in [3.8, 4) is 0 Å². The van der Waals surface area contributed by atoms with E-state index >= 15 is 0 Å². The van der Waals surface area contributed by atoms with E-state index in [1.54, 1.807) is 18.6 Å². The fourth-order valence-corrected chi connectivity index (χ4v) is 1.55. The molecule has 1 heterocycles. The second-order valence-corrected chi connectivity index (χ2v) is 3.37. The Morgan fingerprint density at radius 1 is 1.67 bits per heavy atom. The van der Waals surface area contributed by atoms with E-state index in [1.807, 2.05) is 0 Å². The minimum absolute atomic E-state index is 0.362. The molecule has 2 atom stereocenters. The number of hydrogen-bond donors (Lipinski definition) is 3. The van der Waals surface area contributed by atoms with Gasteiger partial charge in [0.15, 0.2) is 0 Å². The monoisotopic (exact) mass is 188 g/mol. The smallest absolute Gasteiger partial charge is 0.133 e. The van der Waals surface area contributed by atoms with E-state index in [0.29, 0.717) is 11.6 Å². The van der Waals surface area contributed by atoms with Gasteiger partial charge in [-0.15, -0.1) is 11.3 Å². The molecule has 0 saturated carbocycles. The van der Waals surface area contributed by atoms with Gasteiger partial charge in [0.25, 0.3) is 0 Å². The van der Waals surface area contributed by atoms with Gasteiger partial charge < -0.3 is 15.5 Å². The van der Waals surface area contributed by atoms with Gasteiger partial charge in [-0.25, -0.2) is 4.98 Å². The zero-order valence-electron chi connectivity index (χ0n) is 6.77. The molecule has 0 saturated heterocycles. The Morgan fingerprint density at radius 3 is 2.92 bits per heavy atom. The van der Waals surface area contributed by atoms with E-state index < -0.39 is 12.2 Å². The molecule has 1 rings (SSSR count). The van der Waals surface area contributed by atoms with Crippen LogP contribution in [-0.4, -0.2) is 34.9 Å². The van der Waals surface area contributed by atoms with Crippen LogP contribution in [-0.2, 0) is 0 Å². The van der Waals surface area contributed by atoms with Crippen LogP contribution in [0, 0.1) is 0 Å². The molecule has 3 N–H and O–H groups in total. The van der Waals surface area contributed by atoms with Crippen LogP contribution in [0.1, 0.15) is 11.1 Å². The third-order valence-corrected chi connectivity index (χ3v) is 2.33. The molecule has 12 heavy (non-hydrogen) atoms. The van der Waals surface area contributed by atoms with Gasteiger partial charge in [-0.1, -0.05) is 0 Å². The van der Waals surface area contributed by atoms with E-state index in [2.05, 4.69) is 10.3 Å². The number of aliphatic hydroxyl groups excluding tert-OH is 2. The molecule has 68 valence electrons. The lowest BCUT2D eigenvalue weighted by Crippen LogP contribution is -2.29. The zero-order chi connectivity index (χ0) is 8.97. The first-order valence-corrected chi connectivity index (χ1v) is 4.53. The molecule has 1 aromatic rings. The van der Waals surface area contributed by atoms with E-state index in [0.717, 1.165) is 0 Å². The summed E-state index contributed by atoms with van der Waals surface area (Å²) in [6, 6.07) is 0. The highest BCUT2D eigenvalue weighted by molar-refractivity contribution is 7.09. The molecule has 0 radical (unpaired) electrons. The molecule has 4 nitrogen and oxygen atoms in total. The van der Waals surface area contributed by atoms with Crippen molar-refractivity contribution in [3.63, 3.8) is 0 Å². The van der Waals surface area contributed by atoms with Crippen molar-refractivity contribution in [3.05, 3.63) is 16.6 Å². The summed E-state index contributed by atoms with van der Waals surface area (Å²) in [6.45, 7) is 0.362. The van der Waals surface area contributed by atoms with Crippen molar-refractivity contribution in [1.29, 1.82) is 0 Å². The minimum Gasteiger partial charge on any atom is -0.389 e. The molecule has 0 aliphatic heterocycles. The quantitative estimate of drug-likeness (QED) is 0.610. The second kappa shape index (κ2) is 4.51. The minimum atomic E-state index is -0.877. The lowest BCUT2D eigenvalue weighted by Gasteiger charge is -2.14. The van der Waals surface area contributed by atoms with Crippen molar-refractivity contribution in [1.82, 2.24) is 10.3 Å². The molecule has 2 unspecified atom stereocenters. The first-order chi connectivity index (χ1) is 5.75. The number of thiazole rings is 1. The van der Waals surface area contributed by atoms with E-state index in [9.17, 15) is 10.2 Å². The number of likely N-dealkylation sites (N-methyl/N-ethyl adjacent to an activating group) is 1. The van der Waals surface area contributed by atoms with E-state index in [1.165, 1.54) is 11.3 Å². The topological polar surface area (TPSA) is 65.4 Å². The summed E-state index contributed by atoms with van der Waals surface area (Å²) in [7, 11) is 1.72. The summed E-state index contributed by atoms with van der Waals surface area (Å²) in [5, 5.41) is 23.9. The summed E-state index contributed by atoms with van der Waals surface area (Å²) in [6.07, 6.45) is -0.0615. The van der Waals surface area contributed by atoms with Gasteiger partial charge >= 0.3 is 0 Å². The second-order valence-electron chi connectivity index (χ2n) is 2.44. The Kier molecular flexibility index (Phi) is 3.61. The number of nitrogens with zero attached hydrogens (tertiary/aromatic N) is 1. The van der Waals surface area contributed by atoms with Crippen LogP contribution in [0.3, 0.4) is 0 Å². The van der Waals surface area contributed by atoms with E-state index in [4.69, 9.17) is 0 Å². The van der Waals surface area contributed by atoms with Crippen LogP contribution in [0.2, 0.25) is 0 Å². The molecule has 0 aliphatic carbocycles. The standard InChI is InChI=1S/C7H12N2O2S/c1-8-4-5(10)6(11)7-9-2-3-12-7/h2-3,5-6,8,10-11H,4H2,1H3. The first kappa shape index (κ1) is 9.60. The van der Waals surface area contributed by atoms with Gasteiger partial charge in [0.05, 0.1) is 6.10 Å². The largest absolute Gasteiger partial charge is 0.389 e. The van der Waals surface area contributed by atoms with Crippen LogP contribution in [0.25, 0.3) is 0 Å². The molecule has 0 fully saturated rings. The maximum Gasteiger partial charge on any atom is 0.133 e. The van der Waals surface area contributed by atoms with Crippen molar-refractivity contribution in [2.45, 2.75) is 12.2 Å². The Hall–Kier alpha value is -0.490. The summed E-state index contributed by atoms with van der Waals surface area (Å²) in [4.78, 5) is 3.90. The highest BCUT2D eigenvalue weighted by Gasteiger charge is 2.19. The fourth-order valence-electron chi connectivity index (χ4n) is 0.866. The Labute approximate surface area is 74.9 Å². The number of aliphatic hydroxyl groups is 2. The molecule has 0 amide bonds. The Balaban J connectivity index is 2.53. The van der Waals surface area contributed by atoms with Gasteiger partial charge in [-0.3, -0.25) is 0 Å². The van der Waals surface area contributed by atoms with Crippen LogP contribution in [0.4, 0.5) is 0 Å². The molecule has 1 aromatic heterocycles. The molecular formula is C7H12N2O2S. The fraction of sp³-hybridized carbons (Fsp3) is 0.571. The van der Waals surface area contributed by atoms with Gasteiger partial charge in [0.1, 0.15) is 11.1 Å². The normalized spacial score (nSPS) is 15.9. The number of rotatable bonds is 4. The van der Waals surface area contributed by atoms with Crippen molar-refractivity contribution in [2.24, 2.45) is 0 Å². The maximum absolute atomic E-state index is 9.47. The lowest BCUT2D eigenvalue weighted by molar-refractivity contribution is 0.0201. The molecule has 5 heteroatoms. The van der Waals surface area contributed by atoms with Gasteiger partial charge in [0, 0.05) is 18.1 Å². The SMILES string of the molecule is CNCC(O)C(O)c1nccs1. The molecule has 0 spiro atoms. The highest BCUT2D eigenvalue weighted by Crippen LogP contribution is 2.18. The predicted molar refractivity (Wildman–Crippen MR) is 47.0 cm³/mol. The van der Waals surface area contributed by atoms with Gasteiger partial charge in [-0.05, 0) is 7.05 Å². The zero-order valence-corrected chi connectivity index (χ0v) is 7.58. The molecule has 0 aromatic carbocycles. The highest BCUT2D eigenvalue weighted by atomic mass is 32.1. The van der Waals surface area contributed by atoms with Crippen molar-refractivity contribution >= 4 is 11.3 Å². The van der Waals surface area contributed by atoms with Crippen molar-refractivity contribution in [2.75, 3.05) is 13.6 Å². The predicted octanol–water partition coefficient (Wildman–Crippen LogP) is -0.243. The summed E-state index contributed by atoms with van der Waals surface area (Å²) >= 11 is 1.34. The number of nitrogens with one attached hydrogen (secondary N) is 1. The van der Waals surface area contributed by atoms with Gasteiger partial charge in [-0.2, -0.15) is 0 Å². The summed E-state index contributed by atoms with van der Waals surface area (Å²) in [5.74, 6) is 0. The Morgan fingerprint density at radius 2 is 2.42 bits per heavy atom. The maximum atomic E-state index is 9.47. The van der Waals surface area contributed by atoms with Crippen LogP contribution >= 0.6 is 11.3 Å². The number of aromatic nitrogens is 1. The molecule has 0 bridgehead atoms. The van der Waals surface area contributed by atoms with Gasteiger partial charge in [0.2, 0.25) is 0 Å². The summed E-state index contributed by atoms with van der Waals surface area (Å²) in [5.41, 5.74) is 0. The van der Waals surface area contributed by atoms with E-state index in [-0.39, 0.29) is 0 Å². The summed E-state index contributed by atoms with van der Waals surface area (Å²) < 4.78 is 0. The van der Waals surface area contributed by atoms with Crippen LogP contribution in [0.5, 0.6) is 0 Å². The lowest BCUT2D eigenvalue weighted by atomic mass is 10.2. The van der Waals surface area contributed by atoms with Crippen LogP contribution in [0.15, 0.2) is 11.6 Å².